The molecule has 9 heteroatoms. The molecule has 1 atom stereocenters. The molecule has 152 valence electrons. The number of urea groups is 1. The molecular weight excluding hydrogens is 391 g/mol. The van der Waals surface area contributed by atoms with Crippen molar-refractivity contribution in [1.29, 1.82) is 0 Å². The average Bonchev–Trinajstić information content (AvgIpc) is 3.36. The number of nitrogens with one attached hydrogen (secondary N) is 2. The first-order chi connectivity index (χ1) is 14.0. The van der Waals surface area contributed by atoms with Crippen molar-refractivity contribution >= 4 is 35.7 Å². The minimum Gasteiger partial charge on any atom is -0.588 e. The maximum absolute atomic E-state index is 12.6. The lowest BCUT2D eigenvalue weighted by Crippen LogP contribution is -2.36. The Balaban J connectivity index is 1.52. The van der Waals surface area contributed by atoms with E-state index in [1.165, 1.54) is 47.6 Å². The Hall–Kier alpha value is -2.20. The van der Waals surface area contributed by atoms with Crippen LogP contribution < -0.4 is 20.2 Å². The van der Waals surface area contributed by atoms with Crippen molar-refractivity contribution < 1.29 is 24.1 Å². The summed E-state index contributed by atoms with van der Waals surface area (Å²) < 4.78 is 20.1. The highest BCUT2D eigenvalue weighted by Gasteiger charge is 2.27. The highest BCUT2D eigenvalue weighted by Crippen LogP contribution is 2.38. The van der Waals surface area contributed by atoms with Crippen LogP contribution in [0.4, 0.5) is 10.5 Å². The number of carbonyl (C=O) groups excluding carboxylic acids is 1. The molecule has 2 aromatic rings. The summed E-state index contributed by atoms with van der Waals surface area (Å²) in [6, 6.07) is 6.08. The fraction of sp³-hybridized carbons (Fsp3) is 0.350. The van der Waals surface area contributed by atoms with Crippen LogP contribution in [0.2, 0.25) is 0 Å². The molecule has 0 spiro atoms. The van der Waals surface area contributed by atoms with Gasteiger partial charge in [0.15, 0.2) is 4.90 Å². The first kappa shape index (κ1) is 20.1. The van der Waals surface area contributed by atoms with E-state index in [9.17, 15) is 19.4 Å². The van der Waals surface area contributed by atoms with Crippen LogP contribution in [0.15, 0.2) is 29.2 Å². The summed E-state index contributed by atoms with van der Waals surface area (Å²) >= 11 is -1.86. The fourth-order valence-electron chi connectivity index (χ4n) is 4.28. The average molecular weight is 414 g/mol. The first-order valence-corrected chi connectivity index (χ1v) is 10.8. The third-order valence-corrected chi connectivity index (χ3v) is 6.64. The number of amides is 2. The first-order valence-electron chi connectivity index (χ1n) is 9.68. The maximum atomic E-state index is 12.6. The summed E-state index contributed by atoms with van der Waals surface area (Å²) in [5.74, 6) is 0.264. The molecule has 2 aliphatic rings. The molecule has 29 heavy (non-hydrogen) atoms. The molecule has 4 rings (SSSR count). The Morgan fingerprint density at radius 1 is 1.10 bits per heavy atom. The van der Waals surface area contributed by atoms with Crippen LogP contribution in [0.3, 0.4) is 0 Å². The van der Waals surface area contributed by atoms with Gasteiger partial charge < -0.3 is 24.7 Å². The van der Waals surface area contributed by atoms with E-state index in [2.05, 4.69) is 16.1 Å². The van der Waals surface area contributed by atoms with Crippen LogP contribution in [-0.4, -0.2) is 34.9 Å². The molecule has 0 radical (unpaired) electrons. The summed E-state index contributed by atoms with van der Waals surface area (Å²) in [5, 5.41) is 21.9. The molecule has 2 amide bonds. The van der Waals surface area contributed by atoms with Gasteiger partial charge in [0, 0.05) is 11.2 Å². The van der Waals surface area contributed by atoms with Gasteiger partial charge in [-0.2, -0.15) is 0 Å². The number of aryl methyl sites for hydroxylation is 2. The van der Waals surface area contributed by atoms with Crippen molar-refractivity contribution in [2.75, 3.05) is 12.4 Å². The molecule has 0 fully saturated rings. The largest absolute Gasteiger partial charge is 0.588 e. The normalized spacial score (nSPS) is 15.4. The summed E-state index contributed by atoms with van der Waals surface area (Å²) in [5.41, 5.74) is 5.96. The van der Waals surface area contributed by atoms with Gasteiger partial charge in [0.05, 0.1) is 7.11 Å². The molecule has 7 nitrogen and oxygen atoms in total. The zero-order valence-corrected chi connectivity index (χ0v) is 17.0. The van der Waals surface area contributed by atoms with Crippen molar-refractivity contribution in [3.8, 4) is 5.75 Å². The molecule has 2 aliphatic carbocycles. The molecule has 0 saturated carbocycles. The summed E-state index contributed by atoms with van der Waals surface area (Å²) in [4.78, 5) is 12.8. The second-order valence-corrected chi connectivity index (χ2v) is 8.55. The van der Waals surface area contributed by atoms with E-state index in [1.54, 1.807) is 0 Å². The highest BCUT2D eigenvalue weighted by molar-refractivity contribution is 7.90. The summed E-state index contributed by atoms with van der Waals surface area (Å²) in [6.07, 6.45) is 6.11. The Kier molecular flexibility index (Phi) is 5.73. The summed E-state index contributed by atoms with van der Waals surface area (Å²) in [7, 11) is -0.370. The third kappa shape index (κ3) is 3.96. The van der Waals surface area contributed by atoms with Crippen LogP contribution in [0.25, 0.3) is 0 Å². The predicted octanol–water partition coefficient (Wildman–Crippen LogP) is 1.20. The van der Waals surface area contributed by atoms with Gasteiger partial charge in [-0.25, -0.2) is 4.79 Å². The van der Waals surface area contributed by atoms with E-state index >= 15 is 0 Å². The number of ether oxygens (including phenoxy) is 1. The third-order valence-electron chi connectivity index (χ3n) is 5.59. The SMILES string of the molecule is COc1ccc([S+]([O-])NC(=O)Nc2c3c(cc4c2CCC4)CCC3)cc1B(O)O. The number of fused-ring (bicyclic) bond motifs is 2. The quantitative estimate of drug-likeness (QED) is 0.434. The lowest BCUT2D eigenvalue weighted by Gasteiger charge is -2.17. The van der Waals surface area contributed by atoms with Crippen molar-refractivity contribution in [3.05, 3.63) is 46.5 Å². The summed E-state index contributed by atoms with van der Waals surface area (Å²) in [6.45, 7) is 0. The van der Waals surface area contributed by atoms with Gasteiger partial charge in [-0.1, -0.05) is 6.07 Å². The molecular formula is C20H23BN2O5S. The van der Waals surface area contributed by atoms with Gasteiger partial charge >= 0.3 is 13.1 Å². The van der Waals surface area contributed by atoms with Crippen LogP contribution in [0.5, 0.6) is 5.75 Å². The molecule has 0 bridgehead atoms. The molecule has 4 N–H and O–H groups in total. The number of rotatable bonds is 5. The van der Waals surface area contributed by atoms with E-state index in [1.807, 2.05) is 0 Å². The lowest BCUT2D eigenvalue weighted by molar-refractivity contribution is 0.256. The van der Waals surface area contributed by atoms with Crippen molar-refractivity contribution in [1.82, 2.24) is 4.72 Å². The van der Waals surface area contributed by atoms with Gasteiger partial charge in [0.25, 0.3) is 0 Å². The molecule has 0 aliphatic heterocycles. The highest BCUT2D eigenvalue weighted by atomic mass is 32.2. The van der Waals surface area contributed by atoms with E-state index in [0.29, 0.717) is 0 Å². The van der Waals surface area contributed by atoms with Crippen LogP contribution in [0.1, 0.15) is 35.1 Å². The number of anilines is 1. The Morgan fingerprint density at radius 3 is 2.34 bits per heavy atom. The van der Waals surface area contributed by atoms with Crippen LogP contribution >= 0.6 is 0 Å². The molecule has 0 saturated heterocycles. The van der Waals surface area contributed by atoms with E-state index in [0.717, 1.165) is 44.2 Å². The van der Waals surface area contributed by atoms with Crippen molar-refractivity contribution in [2.45, 2.75) is 43.4 Å². The van der Waals surface area contributed by atoms with Gasteiger partial charge in [-0.3, -0.25) is 0 Å². The molecule has 1 unspecified atom stereocenters. The zero-order valence-electron chi connectivity index (χ0n) is 16.2. The fourth-order valence-corrected chi connectivity index (χ4v) is 5.04. The Morgan fingerprint density at radius 2 is 1.76 bits per heavy atom. The lowest BCUT2D eigenvalue weighted by atomic mass is 9.79. The number of methoxy groups -OCH3 is 1. The standard InChI is InChI=1S/C20H23BN2O5S/c1-28-18-9-8-14(11-17(18)21(25)26)29(27)23-20(24)22-19-15-6-2-4-12(15)10-13-5-3-7-16(13)19/h8-11,25-26H,2-7H2,1H3,(H2,22,23,24). The second-order valence-electron chi connectivity index (χ2n) is 7.34. The Labute approximate surface area is 172 Å². The van der Waals surface area contributed by atoms with Gasteiger partial charge in [-0.05, 0) is 79.0 Å². The topological polar surface area (TPSA) is 114 Å². The molecule has 2 aromatic carbocycles. The zero-order chi connectivity index (χ0) is 20.5. The minimum atomic E-state index is -1.86. The van der Waals surface area contributed by atoms with E-state index in [-0.39, 0.29) is 16.1 Å². The molecule has 0 heterocycles. The van der Waals surface area contributed by atoms with Gasteiger partial charge in [0.2, 0.25) is 0 Å². The van der Waals surface area contributed by atoms with Gasteiger partial charge in [0.1, 0.15) is 17.1 Å². The van der Waals surface area contributed by atoms with Crippen LogP contribution in [-0.2, 0) is 37.0 Å². The number of carbonyl (C=O) groups is 1. The van der Waals surface area contributed by atoms with E-state index < -0.39 is 24.5 Å². The smallest absolute Gasteiger partial charge is 0.492 e. The van der Waals surface area contributed by atoms with E-state index in [4.69, 9.17) is 4.74 Å². The van der Waals surface area contributed by atoms with Crippen molar-refractivity contribution in [2.24, 2.45) is 0 Å². The van der Waals surface area contributed by atoms with Crippen molar-refractivity contribution in [3.63, 3.8) is 0 Å². The number of benzene rings is 2. The van der Waals surface area contributed by atoms with Crippen LogP contribution in [0, 0.1) is 0 Å². The Bertz CT molecular complexity index is 921. The number of hydrogen-bond acceptors (Lipinski definition) is 5. The second kappa shape index (κ2) is 8.27. The predicted molar refractivity (Wildman–Crippen MR) is 112 cm³/mol. The monoisotopic (exact) mass is 414 g/mol. The maximum Gasteiger partial charge on any atom is 0.492 e. The minimum absolute atomic E-state index is 0.0826. The van der Waals surface area contributed by atoms with Gasteiger partial charge in [-0.15, -0.1) is 4.72 Å². The molecule has 0 aromatic heterocycles. The number of hydrogen-bond donors (Lipinski definition) is 4.